The highest BCUT2D eigenvalue weighted by atomic mass is 19.1. The van der Waals surface area contributed by atoms with Gasteiger partial charge in [0.05, 0.1) is 0 Å². The molecular weight excluding hydrogens is 271 g/mol. The summed E-state index contributed by atoms with van der Waals surface area (Å²) in [6.45, 7) is 1.91. The largest absolute Gasteiger partial charge is 0.508 e. The maximum atomic E-state index is 13.2. The number of rotatable bonds is 3. The maximum Gasteiger partial charge on any atom is 0.246 e. The molecule has 0 spiro atoms. The van der Waals surface area contributed by atoms with Crippen molar-refractivity contribution in [2.75, 3.05) is 5.32 Å². The van der Waals surface area contributed by atoms with Crippen LogP contribution < -0.4 is 10.6 Å². The lowest BCUT2D eigenvalue weighted by Gasteiger charge is -2.19. The van der Waals surface area contributed by atoms with Crippen molar-refractivity contribution in [3.63, 3.8) is 0 Å². The normalized spacial score (nSPS) is 18.2. The van der Waals surface area contributed by atoms with Gasteiger partial charge >= 0.3 is 0 Å². The van der Waals surface area contributed by atoms with Crippen molar-refractivity contribution in [1.29, 1.82) is 0 Å². The van der Waals surface area contributed by atoms with Gasteiger partial charge < -0.3 is 10.4 Å². The molecule has 5 heteroatoms. The van der Waals surface area contributed by atoms with Crippen molar-refractivity contribution in [2.45, 2.75) is 19.0 Å². The average Bonchev–Trinajstić information content (AvgIpc) is 2.74. The van der Waals surface area contributed by atoms with E-state index in [9.17, 15) is 14.3 Å². The second-order valence-corrected chi connectivity index (χ2v) is 5.14. The molecule has 2 aromatic carbocycles. The van der Waals surface area contributed by atoms with E-state index in [0.29, 0.717) is 5.69 Å². The smallest absolute Gasteiger partial charge is 0.246 e. The number of carbonyl (C=O) groups is 1. The Kier molecular flexibility index (Phi) is 3.35. The van der Waals surface area contributed by atoms with E-state index in [2.05, 4.69) is 10.6 Å². The first kappa shape index (κ1) is 13.6. The Balaban J connectivity index is 1.84. The molecular formula is C16H15FN2O2. The second kappa shape index (κ2) is 5.18. The summed E-state index contributed by atoms with van der Waals surface area (Å²) in [6, 6.07) is 10.5. The van der Waals surface area contributed by atoms with E-state index in [4.69, 9.17) is 0 Å². The van der Waals surface area contributed by atoms with Crippen LogP contribution in [0.5, 0.6) is 5.75 Å². The van der Waals surface area contributed by atoms with Crippen LogP contribution in [-0.2, 0) is 4.79 Å². The van der Waals surface area contributed by atoms with E-state index in [0.717, 1.165) is 11.1 Å². The molecule has 0 saturated carbocycles. The van der Waals surface area contributed by atoms with E-state index >= 15 is 0 Å². The topological polar surface area (TPSA) is 61.4 Å². The summed E-state index contributed by atoms with van der Waals surface area (Å²) in [6.07, 6.45) is 0. The Morgan fingerprint density at radius 1 is 1.29 bits per heavy atom. The first-order valence-electron chi connectivity index (χ1n) is 6.70. The zero-order chi connectivity index (χ0) is 15.0. The van der Waals surface area contributed by atoms with Crippen molar-refractivity contribution in [2.24, 2.45) is 0 Å². The van der Waals surface area contributed by atoms with Crippen LogP contribution in [0.15, 0.2) is 42.5 Å². The molecule has 4 nitrogen and oxygen atoms in total. The van der Waals surface area contributed by atoms with Gasteiger partial charge in [0.2, 0.25) is 5.91 Å². The summed E-state index contributed by atoms with van der Waals surface area (Å²) < 4.78 is 13.2. The van der Waals surface area contributed by atoms with Crippen LogP contribution in [0.2, 0.25) is 0 Å². The van der Waals surface area contributed by atoms with Crippen LogP contribution >= 0.6 is 0 Å². The molecule has 3 rings (SSSR count). The fourth-order valence-electron chi connectivity index (χ4n) is 2.54. The molecule has 1 heterocycles. The van der Waals surface area contributed by atoms with Gasteiger partial charge in [0, 0.05) is 17.3 Å². The van der Waals surface area contributed by atoms with Gasteiger partial charge in [-0.2, -0.15) is 0 Å². The SMILES string of the molecule is CC(NC1C(=O)Nc2cc(F)ccc21)c1cccc(O)c1. The van der Waals surface area contributed by atoms with Crippen molar-refractivity contribution in [1.82, 2.24) is 5.32 Å². The molecule has 3 N–H and O–H groups in total. The zero-order valence-electron chi connectivity index (χ0n) is 11.4. The van der Waals surface area contributed by atoms with Crippen molar-refractivity contribution < 1.29 is 14.3 Å². The number of carbonyl (C=O) groups excluding carboxylic acids is 1. The lowest BCUT2D eigenvalue weighted by Crippen LogP contribution is -2.29. The first-order valence-corrected chi connectivity index (χ1v) is 6.70. The molecule has 1 amide bonds. The molecule has 0 saturated heterocycles. The molecule has 0 aromatic heterocycles. The van der Waals surface area contributed by atoms with Gasteiger partial charge in [0.25, 0.3) is 0 Å². The average molecular weight is 286 g/mol. The van der Waals surface area contributed by atoms with Gasteiger partial charge in [0.15, 0.2) is 0 Å². The van der Waals surface area contributed by atoms with Crippen molar-refractivity contribution in [3.8, 4) is 5.75 Å². The van der Waals surface area contributed by atoms with Crippen LogP contribution in [-0.4, -0.2) is 11.0 Å². The zero-order valence-corrected chi connectivity index (χ0v) is 11.4. The number of phenolic OH excluding ortho intramolecular Hbond substituents is 1. The molecule has 2 unspecified atom stereocenters. The standard InChI is InChI=1S/C16H15FN2O2/c1-9(10-3-2-4-12(20)7-10)18-15-13-6-5-11(17)8-14(13)19-16(15)21/h2-9,15,18,20H,1H3,(H,19,21). The Hall–Kier alpha value is -2.40. The fraction of sp³-hybridized carbons (Fsp3) is 0.188. The molecule has 2 aromatic rings. The summed E-state index contributed by atoms with van der Waals surface area (Å²) in [5.41, 5.74) is 2.10. The monoisotopic (exact) mass is 286 g/mol. The third-order valence-electron chi connectivity index (χ3n) is 3.63. The van der Waals surface area contributed by atoms with Gasteiger partial charge in [-0.15, -0.1) is 0 Å². The van der Waals surface area contributed by atoms with Crippen LogP contribution in [0.4, 0.5) is 10.1 Å². The third kappa shape index (κ3) is 2.60. The minimum absolute atomic E-state index is 0.135. The van der Waals surface area contributed by atoms with Crippen molar-refractivity contribution in [3.05, 3.63) is 59.4 Å². The third-order valence-corrected chi connectivity index (χ3v) is 3.63. The van der Waals surface area contributed by atoms with Crippen LogP contribution in [0.1, 0.15) is 30.1 Å². The number of nitrogens with one attached hydrogen (secondary N) is 2. The van der Waals surface area contributed by atoms with Gasteiger partial charge in [-0.3, -0.25) is 10.1 Å². The number of fused-ring (bicyclic) bond motifs is 1. The summed E-state index contributed by atoms with van der Waals surface area (Å²) in [4.78, 5) is 12.0. The molecule has 1 aliphatic heterocycles. The summed E-state index contributed by atoms with van der Waals surface area (Å²) in [7, 11) is 0. The Morgan fingerprint density at radius 3 is 2.86 bits per heavy atom. The number of hydrogen-bond acceptors (Lipinski definition) is 3. The van der Waals surface area contributed by atoms with Gasteiger partial charge in [-0.1, -0.05) is 18.2 Å². The Morgan fingerprint density at radius 2 is 2.10 bits per heavy atom. The molecule has 0 fully saturated rings. The van der Waals surface area contributed by atoms with Gasteiger partial charge in [0.1, 0.15) is 17.6 Å². The molecule has 21 heavy (non-hydrogen) atoms. The minimum atomic E-state index is -0.530. The van der Waals surface area contributed by atoms with Crippen LogP contribution in [0.3, 0.4) is 0 Å². The van der Waals surface area contributed by atoms with Gasteiger partial charge in [-0.25, -0.2) is 4.39 Å². The fourth-order valence-corrected chi connectivity index (χ4v) is 2.54. The Labute approximate surface area is 121 Å². The molecule has 2 atom stereocenters. The second-order valence-electron chi connectivity index (χ2n) is 5.14. The van der Waals surface area contributed by atoms with Gasteiger partial charge in [-0.05, 0) is 36.8 Å². The summed E-state index contributed by atoms with van der Waals surface area (Å²) >= 11 is 0. The number of anilines is 1. The predicted octanol–water partition coefficient (Wildman–Crippen LogP) is 2.88. The quantitative estimate of drug-likeness (QED) is 0.813. The highest BCUT2D eigenvalue weighted by Crippen LogP contribution is 2.33. The highest BCUT2D eigenvalue weighted by Gasteiger charge is 2.31. The van der Waals surface area contributed by atoms with Crippen LogP contribution in [0, 0.1) is 5.82 Å². The first-order chi connectivity index (χ1) is 10.0. The van der Waals surface area contributed by atoms with E-state index in [1.165, 1.54) is 12.1 Å². The summed E-state index contributed by atoms with van der Waals surface area (Å²) in [5.74, 6) is -0.405. The number of amides is 1. The van der Waals surface area contributed by atoms with E-state index < -0.39 is 6.04 Å². The Bertz CT molecular complexity index is 702. The highest BCUT2D eigenvalue weighted by molar-refractivity contribution is 6.02. The van der Waals surface area contributed by atoms with E-state index in [-0.39, 0.29) is 23.5 Å². The number of hydrogen-bond donors (Lipinski definition) is 3. The molecule has 0 bridgehead atoms. The molecule has 108 valence electrons. The molecule has 0 aliphatic carbocycles. The molecule has 0 radical (unpaired) electrons. The minimum Gasteiger partial charge on any atom is -0.508 e. The number of halogens is 1. The lowest BCUT2D eigenvalue weighted by molar-refractivity contribution is -0.117. The lowest BCUT2D eigenvalue weighted by atomic mass is 10.0. The summed E-state index contributed by atoms with van der Waals surface area (Å²) in [5, 5.41) is 15.4. The van der Waals surface area contributed by atoms with E-state index in [1.54, 1.807) is 24.3 Å². The predicted molar refractivity (Wildman–Crippen MR) is 77.4 cm³/mol. The number of aromatic hydroxyl groups is 1. The maximum absolute atomic E-state index is 13.2. The van der Waals surface area contributed by atoms with E-state index in [1.807, 2.05) is 13.0 Å². The number of benzene rings is 2. The number of phenols is 1. The van der Waals surface area contributed by atoms with Crippen molar-refractivity contribution >= 4 is 11.6 Å². The van der Waals surface area contributed by atoms with Crippen LogP contribution in [0.25, 0.3) is 0 Å². The molecule has 1 aliphatic rings.